The first-order valence-corrected chi connectivity index (χ1v) is 12.2. The molecule has 0 aromatic heterocycles. The van der Waals surface area contributed by atoms with Gasteiger partial charge in [-0.1, -0.05) is 25.5 Å². The summed E-state index contributed by atoms with van der Waals surface area (Å²) in [5, 5.41) is 30.2. The molecule has 34 heavy (non-hydrogen) atoms. The van der Waals surface area contributed by atoms with Crippen LogP contribution in [-0.2, 0) is 9.53 Å². The van der Waals surface area contributed by atoms with Crippen LogP contribution >= 0.6 is 0 Å². The second-order valence-electron chi connectivity index (χ2n) is 9.60. The minimum atomic E-state index is -1.04. The Kier molecular flexibility index (Phi) is 9.85. The lowest BCUT2D eigenvalue weighted by atomic mass is 9.85. The van der Waals surface area contributed by atoms with Gasteiger partial charge in [-0.3, -0.25) is 4.79 Å². The number of aliphatic hydroxyl groups is 2. The largest absolute Gasteiger partial charge is 0.487 e. The van der Waals surface area contributed by atoms with Crippen LogP contribution in [0, 0.1) is 35.3 Å². The molecule has 0 spiro atoms. The molecule has 1 saturated heterocycles. The van der Waals surface area contributed by atoms with Gasteiger partial charge in [-0.05, 0) is 56.1 Å². The number of carboxylic acid groups (broad SMARTS) is 1. The minimum Gasteiger partial charge on any atom is -0.487 e. The number of hydrogen-bond donors (Lipinski definition) is 3. The molecule has 1 aliphatic heterocycles. The summed E-state index contributed by atoms with van der Waals surface area (Å²) >= 11 is 0. The molecule has 0 bridgehead atoms. The minimum absolute atomic E-state index is 0.0738. The molecule has 1 saturated carbocycles. The van der Waals surface area contributed by atoms with Gasteiger partial charge in [0.05, 0.1) is 18.1 Å². The maximum absolute atomic E-state index is 13.7. The summed E-state index contributed by atoms with van der Waals surface area (Å²) in [6, 6.07) is 2.88. The van der Waals surface area contributed by atoms with Crippen molar-refractivity contribution in [2.75, 3.05) is 13.2 Å². The van der Waals surface area contributed by atoms with Crippen molar-refractivity contribution in [1.82, 2.24) is 0 Å². The van der Waals surface area contributed by atoms with Crippen LogP contribution in [0.3, 0.4) is 0 Å². The average molecular weight is 483 g/mol. The highest BCUT2D eigenvalue weighted by atomic mass is 19.1. The Hall–Kier alpha value is -2.03. The van der Waals surface area contributed by atoms with Crippen molar-refractivity contribution in [2.45, 2.75) is 70.2 Å². The van der Waals surface area contributed by atoms with E-state index in [1.165, 1.54) is 6.08 Å². The van der Waals surface area contributed by atoms with E-state index in [2.05, 4.69) is 0 Å². The van der Waals surface area contributed by atoms with Crippen molar-refractivity contribution >= 4 is 5.97 Å². The number of carboxylic acids is 1. The van der Waals surface area contributed by atoms with Crippen molar-refractivity contribution in [1.29, 1.82) is 0 Å². The van der Waals surface area contributed by atoms with E-state index in [1.807, 2.05) is 6.92 Å². The average Bonchev–Trinajstić information content (AvgIpc) is 2.96. The van der Waals surface area contributed by atoms with E-state index < -0.39 is 29.8 Å². The molecule has 190 valence electrons. The van der Waals surface area contributed by atoms with Gasteiger partial charge in [-0.15, -0.1) is 0 Å². The second kappa shape index (κ2) is 12.6. The van der Waals surface area contributed by atoms with Gasteiger partial charge in [-0.25, -0.2) is 8.78 Å². The van der Waals surface area contributed by atoms with Gasteiger partial charge in [0.25, 0.3) is 0 Å². The topological polar surface area (TPSA) is 96.2 Å². The Morgan fingerprint density at radius 3 is 2.82 bits per heavy atom. The van der Waals surface area contributed by atoms with Gasteiger partial charge in [0.15, 0.2) is 11.6 Å². The van der Waals surface area contributed by atoms with Crippen LogP contribution in [0.15, 0.2) is 30.4 Å². The number of fused-ring (bicyclic) bond motifs is 1. The monoisotopic (exact) mass is 482 g/mol. The highest BCUT2D eigenvalue weighted by Gasteiger charge is 2.43. The highest BCUT2D eigenvalue weighted by molar-refractivity contribution is 5.69. The van der Waals surface area contributed by atoms with Crippen LogP contribution in [0.2, 0.25) is 0 Å². The van der Waals surface area contributed by atoms with Crippen molar-refractivity contribution in [3.05, 3.63) is 42.0 Å². The molecule has 3 rings (SSSR count). The fraction of sp³-hybridized carbons (Fsp3) is 0.654. The smallest absolute Gasteiger partial charge is 0.306 e. The normalized spacial score (nSPS) is 28.9. The Bertz CT molecular complexity index is 832. The maximum Gasteiger partial charge on any atom is 0.306 e. The lowest BCUT2D eigenvalue weighted by Gasteiger charge is -2.21. The summed E-state index contributed by atoms with van der Waals surface area (Å²) in [6.45, 7) is 2.32. The Labute approximate surface area is 199 Å². The number of carbonyl (C=O) groups is 1. The van der Waals surface area contributed by atoms with Crippen LogP contribution in [0.4, 0.5) is 8.78 Å². The SMILES string of the molecule is CCCC(CC[C@H]1CC[C@@H]2[C@@H](C=C[C@@H](O)COc3cc(F)ccc3F)[C@H](O)C[C@@H]2OC1)C(=O)O. The third kappa shape index (κ3) is 7.23. The molecule has 7 atom stereocenters. The highest BCUT2D eigenvalue weighted by Crippen LogP contribution is 2.42. The quantitative estimate of drug-likeness (QED) is 0.406. The zero-order chi connectivity index (χ0) is 24.7. The number of rotatable bonds is 11. The fourth-order valence-electron chi connectivity index (χ4n) is 5.19. The molecule has 6 nitrogen and oxygen atoms in total. The van der Waals surface area contributed by atoms with Crippen LogP contribution < -0.4 is 4.74 Å². The summed E-state index contributed by atoms with van der Waals surface area (Å²) in [5.74, 6) is -2.42. The van der Waals surface area contributed by atoms with E-state index in [4.69, 9.17) is 9.47 Å². The second-order valence-corrected chi connectivity index (χ2v) is 9.60. The van der Waals surface area contributed by atoms with Crippen molar-refractivity contribution < 1.29 is 38.4 Å². The van der Waals surface area contributed by atoms with Crippen LogP contribution in [0.5, 0.6) is 5.75 Å². The number of aliphatic carboxylic acids is 1. The molecule has 0 amide bonds. The standard InChI is InChI=1S/C26H36F2O6/c1-2-3-17(26(31)32)6-4-16-5-9-21-20(23(30)13-24(21)33-14-16)10-8-19(29)15-34-25-12-18(27)7-11-22(25)28/h7-8,10-12,16-17,19-21,23-24,29-30H,2-6,9,13-15H2,1H3,(H,31,32)/t16-,17?,19+,20+,21+,23+,24-/m0/s1. The van der Waals surface area contributed by atoms with E-state index in [-0.39, 0.29) is 36.2 Å². The lowest BCUT2D eigenvalue weighted by Crippen LogP contribution is -2.22. The van der Waals surface area contributed by atoms with E-state index in [0.717, 1.165) is 43.9 Å². The molecule has 3 N–H and O–H groups in total. The fourth-order valence-corrected chi connectivity index (χ4v) is 5.19. The first-order chi connectivity index (χ1) is 16.3. The Morgan fingerprint density at radius 2 is 2.09 bits per heavy atom. The van der Waals surface area contributed by atoms with Gasteiger partial charge < -0.3 is 24.8 Å². The molecule has 1 aromatic rings. The predicted octanol–water partition coefficient (Wildman–Crippen LogP) is 4.33. The van der Waals surface area contributed by atoms with E-state index in [0.29, 0.717) is 31.8 Å². The summed E-state index contributed by atoms with van der Waals surface area (Å²) in [7, 11) is 0. The summed E-state index contributed by atoms with van der Waals surface area (Å²) < 4.78 is 38.2. The first kappa shape index (κ1) is 26.6. The van der Waals surface area contributed by atoms with Crippen LogP contribution in [-0.4, -0.2) is 52.8 Å². The first-order valence-electron chi connectivity index (χ1n) is 12.2. The van der Waals surface area contributed by atoms with Gasteiger partial charge in [0.1, 0.15) is 18.5 Å². The molecule has 2 aliphatic rings. The van der Waals surface area contributed by atoms with Gasteiger partial charge in [-0.2, -0.15) is 0 Å². The molecule has 1 aliphatic carbocycles. The van der Waals surface area contributed by atoms with E-state index in [1.54, 1.807) is 6.08 Å². The van der Waals surface area contributed by atoms with Gasteiger partial charge in [0.2, 0.25) is 0 Å². The summed E-state index contributed by atoms with van der Waals surface area (Å²) in [6.07, 6.45) is 6.87. The van der Waals surface area contributed by atoms with Crippen LogP contribution in [0.25, 0.3) is 0 Å². The van der Waals surface area contributed by atoms with Gasteiger partial charge in [0, 0.05) is 25.0 Å². The van der Waals surface area contributed by atoms with Crippen molar-refractivity contribution in [3.8, 4) is 5.75 Å². The predicted molar refractivity (Wildman–Crippen MR) is 122 cm³/mol. The van der Waals surface area contributed by atoms with Crippen molar-refractivity contribution in [2.24, 2.45) is 23.7 Å². The van der Waals surface area contributed by atoms with Crippen molar-refractivity contribution in [3.63, 3.8) is 0 Å². The number of halogens is 2. The summed E-state index contributed by atoms with van der Waals surface area (Å²) in [4.78, 5) is 11.4. The van der Waals surface area contributed by atoms with Gasteiger partial charge >= 0.3 is 5.97 Å². The Balaban J connectivity index is 1.51. The van der Waals surface area contributed by atoms with Crippen LogP contribution in [0.1, 0.15) is 51.9 Å². The summed E-state index contributed by atoms with van der Waals surface area (Å²) in [5.41, 5.74) is 0. The van der Waals surface area contributed by atoms with E-state index >= 15 is 0 Å². The lowest BCUT2D eigenvalue weighted by molar-refractivity contribution is -0.142. The zero-order valence-electron chi connectivity index (χ0n) is 19.6. The molecule has 1 unspecified atom stereocenters. The number of hydrogen-bond acceptors (Lipinski definition) is 5. The molecular formula is C26H36F2O6. The molecule has 8 heteroatoms. The number of ether oxygens (including phenoxy) is 2. The molecule has 2 fully saturated rings. The number of benzene rings is 1. The molecule has 0 radical (unpaired) electrons. The molecule has 1 aromatic carbocycles. The Morgan fingerprint density at radius 1 is 1.29 bits per heavy atom. The maximum atomic E-state index is 13.7. The zero-order valence-corrected chi connectivity index (χ0v) is 19.6. The third-order valence-corrected chi connectivity index (χ3v) is 7.11. The molecular weight excluding hydrogens is 446 g/mol. The molecule has 1 heterocycles. The third-order valence-electron chi connectivity index (χ3n) is 7.11. The van der Waals surface area contributed by atoms with E-state index in [9.17, 15) is 28.9 Å². The number of aliphatic hydroxyl groups excluding tert-OH is 2.